The highest BCUT2D eigenvalue weighted by Crippen LogP contribution is 2.22. The third-order valence-electron chi connectivity index (χ3n) is 4.30. The summed E-state index contributed by atoms with van der Waals surface area (Å²) in [6.07, 6.45) is 7.08. The molecule has 0 saturated carbocycles. The van der Waals surface area contributed by atoms with E-state index in [1.807, 2.05) is 4.57 Å². The lowest BCUT2D eigenvalue weighted by atomic mass is 10.1. The predicted octanol–water partition coefficient (Wildman–Crippen LogP) is 1.38. The van der Waals surface area contributed by atoms with Crippen molar-refractivity contribution in [2.45, 2.75) is 32.0 Å². The zero-order valence-corrected chi connectivity index (χ0v) is 13.5. The maximum atomic E-state index is 12.6. The van der Waals surface area contributed by atoms with Gasteiger partial charge in [0.2, 0.25) is 0 Å². The van der Waals surface area contributed by atoms with E-state index in [-0.39, 0.29) is 24.1 Å². The number of pyridine rings is 1. The number of nitrogens with zero attached hydrogens (tertiary/aromatic N) is 2. The van der Waals surface area contributed by atoms with Crippen LogP contribution in [0.3, 0.4) is 0 Å². The molecule has 25 heavy (non-hydrogen) atoms. The van der Waals surface area contributed by atoms with Crippen LogP contribution in [-0.2, 0) is 17.8 Å². The fourth-order valence-corrected chi connectivity index (χ4v) is 3.06. The number of H-pyrrole nitrogens is 1. The molecule has 1 aromatic heterocycles. The zero-order valence-electron chi connectivity index (χ0n) is 13.5. The summed E-state index contributed by atoms with van der Waals surface area (Å²) in [6.45, 7) is 1.62. The summed E-state index contributed by atoms with van der Waals surface area (Å²) < 4.78 is 12.7. The molecule has 3 aliphatic heterocycles. The largest absolute Gasteiger partial charge is 0.467 e. The lowest BCUT2D eigenvalue weighted by Gasteiger charge is -2.16. The van der Waals surface area contributed by atoms with Gasteiger partial charge in [0.1, 0.15) is 11.5 Å². The standard InChI is InChI=1S/C17H18N4O4/c22-16(18-7-11-3-1-5-24-11)13-9-21(8-12-4-2-6-25-12)10-14-15(13)19-20-17(14)23/h1,3,5,9-10,12H,2,4,6-8H2,(H,18,22)(H,20,23). The van der Waals surface area contributed by atoms with Gasteiger partial charge < -0.3 is 19.0 Å². The molecule has 0 spiro atoms. The van der Waals surface area contributed by atoms with Crippen LogP contribution < -0.4 is 10.9 Å². The molecule has 1 fully saturated rings. The second-order valence-electron chi connectivity index (χ2n) is 6.08. The number of hydrogen-bond donors (Lipinski definition) is 2. The molecule has 130 valence electrons. The van der Waals surface area contributed by atoms with Crippen LogP contribution in [0, 0.1) is 0 Å². The topological polar surface area (TPSA) is 102 Å². The van der Waals surface area contributed by atoms with Crippen LogP contribution in [0.15, 0.2) is 40.0 Å². The normalized spacial score (nSPS) is 17.2. The Morgan fingerprint density at radius 1 is 1.44 bits per heavy atom. The van der Waals surface area contributed by atoms with Gasteiger partial charge in [0.15, 0.2) is 0 Å². The minimum atomic E-state index is -0.311. The van der Waals surface area contributed by atoms with Crippen molar-refractivity contribution >= 4 is 5.91 Å². The molecule has 1 saturated heterocycles. The van der Waals surface area contributed by atoms with E-state index >= 15 is 0 Å². The fourth-order valence-electron chi connectivity index (χ4n) is 3.06. The second-order valence-corrected chi connectivity index (χ2v) is 6.08. The van der Waals surface area contributed by atoms with Crippen LogP contribution in [-0.4, -0.2) is 33.4 Å². The summed E-state index contributed by atoms with van der Waals surface area (Å²) in [4.78, 5) is 24.6. The molecule has 2 N–H and O–H groups in total. The number of nitrogens with one attached hydrogen (secondary N) is 2. The van der Waals surface area contributed by atoms with Crippen LogP contribution in [0.1, 0.15) is 29.0 Å². The molecule has 0 aromatic carbocycles. The molecule has 1 atom stereocenters. The predicted molar refractivity (Wildman–Crippen MR) is 88.3 cm³/mol. The van der Waals surface area contributed by atoms with E-state index in [1.54, 1.807) is 30.8 Å². The number of carbonyl (C=O) groups is 1. The SMILES string of the molecule is O=C(NCc1ccco1)c1cn(CC2CCCO2)cc2c(=O)[nH]nc1-2. The van der Waals surface area contributed by atoms with E-state index in [0.717, 1.165) is 19.4 Å². The average Bonchev–Trinajstić information content (AvgIpc) is 3.36. The number of fused-ring (bicyclic) bond motifs is 1. The molecular weight excluding hydrogens is 324 g/mol. The average molecular weight is 342 g/mol. The number of carbonyl (C=O) groups excluding carboxylic acids is 1. The van der Waals surface area contributed by atoms with Gasteiger partial charge in [-0.2, -0.15) is 5.10 Å². The molecule has 8 heteroatoms. The van der Waals surface area contributed by atoms with Crippen LogP contribution in [0.25, 0.3) is 11.3 Å². The highest BCUT2D eigenvalue weighted by Gasteiger charge is 2.23. The molecule has 3 aliphatic rings. The van der Waals surface area contributed by atoms with Gasteiger partial charge >= 0.3 is 0 Å². The minimum Gasteiger partial charge on any atom is -0.467 e. The van der Waals surface area contributed by atoms with Crippen molar-refractivity contribution in [3.63, 3.8) is 0 Å². The van der Waals surface area contributed by atoms with Crippen molar-refractivity contribution in [1.29, 1.82) is 0 Å². The fraction of sp³-hybridized carbons (Fsp3) is 0.353. The summed E-state index contributed by atoms with van der Waals surface area (Å²) in [7, 11) is 0. The quantitative estimate of drug-likeness (QED) is 0.729. The molecule has 1 aromatic rings. The van der Waals surface area contributed by atoms with Crippen molar-refractivity contribution < 1.29 is 13.9 Å². The second kappa shape index (κ2) is 6.56. The Hall–Kier alpha value is -2.87. The van der Waals surface area contributed by atoms with Crippen LogP contribution in [0.5, 0.6) is 0 Å². The van der Waals surface area contributed by atoms with Gasteiger partial charge in [0, 0.05) is 25.5 Å². The molecule has 4 rings (SSSR count). The maximum absolute atomic E-state index is 12.6. The van der Waals surface area contributed by atoms with E-state index in [9.17, 15) is 9.59 Å². The van der Waals surface area contributed by atoms with Gasteiger partial charge in [-0.3, -0.25) is 9.59 Å². The Balaban J connectivity index is 1.61. The highest BCUT2D eigenvalue weighted by atomic mass is 16.5. The van der Waals surface area contributed by atoms with Crippen molar-refractivity contribution in [2.24, 2.45) is 0 Å². The lowest BCUT2D eigenvalue weighted by Crippen LogP contribution is -2.25. The molecule has 8 nitrogen and oxygen atoms in total. The van der Waals surface area contributed by atoms with Crippen LogP contribution >= 0.6 is 0 Å². The lowest BCUT2D eigenvalue weighted by molar-refractivity contribution is 0.0933. The number of furan rings is 1. The Labute approximate surface area is 143 Å². The minimum absolute atomic E-state index is 0.100. The van der Waals surface area contributed by atoms with E-state index < -0.39 is 0 Å². The van der Waals surface area contributed by atoms with Gasteiger partial charge in [-0.1, -0.05) is 0 Å². The first kappa shape index (κ1) is 15.6. The first-order chi connectivity index (χ1) is 12.2. The third kappa shape index (κ3) is 3.20. The summed E-state index contributed by atoms with van der Waals surface area (Å²) in [5.74, 6) is 0.342. The Bertz CT molecular complexity index is 890. The van der Waals surface area contributed by atoms with Gasteiger partial charge in [-0.05, 0) is 25.0 Å². The molecule has 4 heterocycles. The Kier molecular flexibility index (Phi) is 4.10. The summed E-state index contributed by atoms with van der Waals surface area (Å²) >= 11 is 0. The van der Waals surface area contributed by atoms with E-state index in [0.29, 0.717) is 29.1 Å². The summed E-state index contributed by atoms with van der Waals surface area (Å²) in [5, 5.41) is 9.19. The third-order valence-corrected chi connectivity index (χ3v) is 4.30. The molecule has 1 unspecified atom stereocenters. The monoisotopic (exact) mass is 342 g/mol. The molecule has 0 aliphatic carbocycles. The number of aromatic amines is 1. The molecule has 1 amide bonds. The van der Waals surface area contributed by atoms with Crippen LogP contribution in [0.4, 0.5) is 0 Å². The van der Waals surface area contributed by atoms with Crippen molar-refractivity contribution in [3.8, 4) is 11.3 Å². The van der Waals surface area contributed by atoms with Crippen molar-refractivity contribution in [1.82, 2.24) is 20.1 Å². The summed E-state index contributed by atoms with van der Waals surface area (Å²) in [6, 6.07) is 3.54. The van der Waals surface area contributed by atoms with Crippen molar-refractivity contribution in [3.05, 3.63) is 52.5 Å². The number of aromatic nitrogens is 3. The van der Waals surface area contributed by atoms with E-state index in [2.05, 4.69) is 15.5 Å². The van der Waals surface area contributed by atoms with Crippen molar-refractivity contribution in [2.75, 3.05) is 6.61 Å². The first-order valence-electron chi connectivity index (χ1n) is 8.21. The smallest absolute Gasteiger partial charge is 0.275 e. The molecule has 0 bridgehead atoms. The van der Waals surface area contributed by atoms with E-state index in [4.69, 9.17) is 9.15 Å². The number of amides is 1. The van der Waals surface area contributed by atoms with Gasteiger partial charge in [-0.15, -0.1) is 0 Å². The number of ether oxygens (including phenoxy) is 1. The van der Waals surface area contributed by atoms with Gasteiger partial charge in [0.25, 0.3) is 11.5 Å². The maximum Gasteiger partial charge on any atom is 0.275 e. The van der Waals surface area contributed by atoms with E-state index in [1.165, 1.54) is 0 Å². The van der Waals surface area contributed by atoms with Gasteiger partial charge in [0.05, 0.1) is 30.0 Å². The van der Waals surface area contributed by atoms with Crippen LogP contribution in [0.2, 0.25) is 0 Å². The first-order valence-corrected chi connectivity index (χ1v) is 8.21. The summed E-state index contributed by atoms with van der Waals surface area (Å²) in [5.41, 5.74) is 0.798. The number of rotatable bonds is 5. The molecule has 0 radical (unpaired) electrons. The Morgan fingerprint density at radius 3 is 3.12 bits per heavy atom. The molecular formula is C17H18N4O4. The highest BCUT2D eigenvalue weighted by molar-refractivity contribution is 5.99. The number of hydrogen-bond acceptors (Lipinski definition) is 5. The van der Waals surface area contributed by atoms with Gasteiger partial charge in [-0.25, -0.2) is 5.10 Å². The zero-order chi connectivity index (χ0) is 17.2. The Morgan fingerprint density at radius 2 is 2.36 bits per heavy atom.